The third-order valence-electron chi connectivity index (χ3n) is 4.68. The van der Waals surface area contributed by atoms with E-state index in [9.17, 15) is 4.79 Å². The average Bonchev–Trinajstić information content (AvgIpc) is 2.58. The predicted molar refractivity (Wildman–Crippen MR) is 88.5 cm³/mol. The first-order valence-corrected chi connectivity index (χ1v) is 8.40. The summed E-state index contributed by atoms with van der Waals surface area (Å²) in [4.78, 5) is 16.8. The van der Waals surface area contributed by atoms with Gasteiger partial charge in [0.25, 0.3) is 0 Å². The van der Waals surface area contributed by atoms with Crippen LogP contribution >= 0.6 is 11.6 Å². The lowest BCUT2D eigenvalue weighted by Gasteiger charge is -2.38. The molecule has 0 saturated carbocycles. The smallest absolute Gasteiger partial charge is 0.225 e. The Balaban J connectivity index is 1.57. The maximum absolute atomic E-state index is 12.5. The number of hydrogen-bond acceptors (Lipinski definition) is 3. The SMILES string of the molecule is Cc1ccc(N2CCN(C(=O)C3CCOCC3)CC2)cc1Cl. The fourth-order valence-electron chi connectivity index (χ4n) is 3.17. The van der Waals surface area contributed by atoms with Gasteiger partial charge in [0.1, 0.15) is 0 Å². The molecule has 0 aliphatic carbocycles. The number of halogens is 1. The van der Waals surface area contributed by atoms with Crippen LogP contribution in [0.3, 0.4) is 0 Å². The number of amides is 1. The van der Waals surface area contributed by atoms with Gasteiger partial charge < -0.3 is 14.5 Å². The molecule has 120 valence electrons. The highest BCUT2D eigenvalue weighted by Crippen LogP contribution is 2.25. The summed E-state index contributed by atoms with van der Waals surface area (Å²) in [7, 11) is 0. The van der Waals surface area contributed by atoms with Crippen molar-refractivity contribution in [3.05, 3.63) is 28.8 Å². The largest absolute Gasteiger partial charge is 0.381 e. The fourth-order valence-corrected chi connectivity index (χ4v) is 3.34. The number of anilines is 1. The van der Waals surface area contributed by atoms with Crippen molar-refractivity contribution in [3.8, 4) is 0 Å². The first-order chi connectivity index (χ1) is 10.6. The van der Waals surface area contributed by atoms with E-state index in [0.29, 0.717) is 5.91 Å². The standard InChI is InChI=1S/C17H23ClN2O2/c1-13-2-3-15(12-16(13)18)19-6-8-20(9-7-19)17(21)14-4-10-22-11-5-14/h2-3,12,14H,4-11H2,1H3. The Morgan fingerprint density at radius 1 is 1.18 bits per heavy atom. The quantitative estimate of drug-likeness (QED) is 0.839. The zero-order chi connectivity index (χ0) is 15.5. The Labute approximate surface area is 137 Å². The van der Waals surface area contributed by atoms with E-state index in [2.05, 4.69) is 17.0 Å². The highest BCUT2D eigenvalue weighted by Gasteiger charge is 2.28. The van der Waals surface area contributed by atoms with E-state index >= 15 is 0 Å². The Morgan fingerprint density at radius 2 is 1.86 bits per heavy atom. The molecule has 0 unspecified atom stereocenters. The second-order valence-corrected chi connectivity index (χ2v) is 6.54. The van der Waals surface area contributed by atoms with E-state index in [1.54, 1.807) is 0 Å². The van der Waals surface area contributed by atoms with Crippen LogP contribution in [-0.4, -0.2) is 50.2 Å². The maximum Gasteiger partial charge on any atom is 0.225 e. The molecular weight excluding hydrogens is 300 g/mol. The molecule has 2 aliphatic heterocycles. The molecule has 22 heavy (non-hydrogen) atoms. The van der Waals surface area contributed by atoms with Crippen molar-refractivity contribution in [2.75, 3.05) is 44.3 Å². The molecule has 1 amide bonds. The maximum atomic E-state index is 12.5. The molecule has 2 heterocycles. The molecule has 0 atom stereocenters. The molecule has 1 aromatic carbocycles. The van der Waals surface area contributed by atoms with E-state index in [-0.39, 0.29) is 5.92 Å². The first-order valence-electron chi connectivity index (χ1n) is 8.03. The van der Waals surface area contributed by atoms with Crippen LogP contribution in [0.15, 0.2) is 18.2 Å². The Hall–Kier alpha value is -1.26. The van der Waals surface area contributed by atoms with Crippen molar-refractivity contribution in [1.29, 1.82) is 0 Å². The van der Waals surface area contributed by atoms with Crippen molar-refractivity contribution < 1.29 is 9.53 Å². The van der Waals surface area contributed by atoms with Gasteiger partial charge in [-0.3, -0.25) is 4.79 Å². The fraction of sp³-hybridized carbons (Fsp3) is 0.588. The topological polar surface area (TPSA) is 32.8 Å². The number of piperazine rings is 1. The van der Waals surface area contributed by atoms with Gasteiger partial charge in [-0.05, 0) is 37.5 Å². The number of carbonyl (C=O) groups is 1. The lowest BCUT2D eigenvalue weighted by Crippen LogP contribution is -2.51. The zero-order valence-electron chi connectivity index (χ0n) is 13.1. The summed E-state index contributed by atoms with van der Waals surface area (Å²) in [5.74, 6) is 0.471. The molecule has 0 radical (unpaired) electrons. The highest BCUT2D eigenvalue weighted by atomic mass is 35.5. The zero-order valence-corrected chi connectivity index (χ0v) is 13.8. The molecule has 4 nitrogen and oxygen atoms in total. The van der Waals surface area contributed by atoms with Gasteiger partial charge in [0.05, 0.1) is 0 Å². The average molecular weight is 323 g/mol. The lowest BCUT2D eigenvalue weighted by atomic mass is 9.98. The number of carbonyl (C=O) groups excluding carboxylic acids is 1. The van der Waals surface area contributed by atoms with Crippen molar-refractivity contribution in [1.82, 2.24) is 4.90 Å². The van der Waals surface area contributed by atoms with E-state index < -0.39 is 0 Å². The monoisotopic (exact) mass is 322 g/mol. The molecular formula is C17H23ClN2O2. The van der Waals surface area contributed by atoms with E-state index in [1.807, 2.05) is 17.9 Å². The number of rotatable bonds is 2. The van der Waals surface area contributed by atoms with E-state index in [4.69, 9.17) is 16.3 Å². The molecule has 2 fully saturated rings. The highest BCUT2D eigenvalue weighted by molar-refractivity contribution is 6.31. The van der Waals surface area contributed by atoms with Crippen LogP contribution in [0, 0.1) is 12.8 Å². The second-order valence-electron chi connectivity index (χ2n) is 6.13. The number of benzene rings is 1. The van der Waals surface area contributed by atoms with Crippen molar-refractivity contribution in [2.45, 2.75) is 19.8 Å². The van der Waals surface area contributed by atoms with Crippen LogP contribution in [0.25, 0.3) is 0 Å². The molecule has 0 spiro atoms. The molecule has 2 aliphatic rings. The van der Waals surface area contributed by atoms with Crippen LogP contribution in [0.4, 0.5) is 5.69 Å². The van der Waals surface area contributed by atoms with Gasteiger partial charge >= 0.3 is 0 Å². The van der Waals surface area contributed by atoms with E-state index in [1.165, 1.54) is 0 Å². The lowest BCUT2D eigenvalue weighted by molar-refractivity contribution is -0.138. The van der Waals surface area contributed by atoms with Gasteiger partial charge in [0.15, 0.2) is 0 Å². The number of ether oxygens (including phenoxy) is 1. The van der Waals surface area contributed by atoms with Gasteiger partial charge in [-0.2, -0.15) is 0 Å². The van der Waals surface area contributed by atoms with Crippen molar-refractivity contribution in [3.63, 3.8) is 0 Å². The number of hydrogen-bond donors (Lipinski definition) is 0. The van der Waals surface area contributed by atoms with E-state index in [0.717, 1.165) is 68.5 Å². The molecule has 2 saturated heterocycles. The van der Waals surface area contributed by atoms with Gasteiger partial charge in [-0.25, -0.2) is 0 Å². The molecule has 5 heteroatoms. The summed E-state index contributed by atoms with van der Waals surface area (Å²) < 4.78 is 5.34. The Morgan fingerprint density at radius 3 is 2.50 bits per heavy atom. The molecule has 0 bridgehead atoms. The minimum atomic E-state index is 0.161. The third-order valence-corrected chi connectivity index (χ3v) is 5.09. The minimum Gasteiger partial charge on any atom is -0.381 e. The summed E-state index contributed by atoms with van der Waals surface area (Å²) in [5.41, 5.74) is 2.24. The van der Waals surface area contributed by atoms with Crippen LogP contribution in [0.5, 0.6) is 0 Å². The van der Waals surface area contributed by atoms with Crippen LogP contribution in [-0.2, 0) is 9.53 Å². The van der Waals surface area contributed by atoms with Gasteiger partial charge in [0, 0.05) is 56.0 Å². The number of aryl methyl sites for hydroxylation is 1. The molecule has 0 N–H and O–H groups in total. The molecule has 3 rings (SSSR count). The summed E-state index contributed by atoms with van der Waals surface area (Å²) in [6, 6.07) is 6.18. The third kappa shape index (κ3) is 3.39. The van der Waals surface area contributed by atoms with Crippen LogP contribution in [0.2, 0.25) is 5.02 Å². The van der Waals surface area contributed by atoms with Crippen LogP contribution < -0.4 is 4.90 Å². The first kappa shape index (κ1) is 15.6. The van der Waals surface area contributed by atoms with Crippen molar-refractivity contribution >= 4 is 23.2 Å². The summed E-state index contributed by atoms with van der Waals surface area (Å²) in [5, 5.41) is 0.804. The second kappa shape index (κ2) is 6.88. The predicted octanol–water partition coefficient (Wildman–Crippen LogP) is 2.72. The summed E-state index contributed by atoms with van der Waals surface area (Å²) >= 11 is 6.21. The molecule has 1 aromatic rings. The Bertz CT molecular complexity index is 535. The molecule has 0 aromatic heterocycles. The summed E-state index contributed by atoms with van der Waals surface area (Å²) in [6.45, 7) is 6.78. The summed E-state index contributed by atoms with van der Waals surface area (Å²) in [6.07, 6.45) is 1.74. The minimum absolute atomic E-state index is 0.161. The van der Waals surface area contributed by atoms with Crippen LogP contribution in [0.1, 0.15) is 18.4 Å². The van der Waals surface area contributed by atoms with Crippen molar-refractivity contribution in [2.24, 2.45) is 5.92 Å². The van der Waals surface area contributed by atoms with Gasteiger partial charge in [-0.15, -0.1) is 0 Å². The normalized spacial score (nSPS) is 20.3. The van der Waals surface area contributed by atoms with Gasteiger partial charge in [0.2, 0.25) is 5.91 Å². The Kier molecular flexibility index (Phi) is 4.89. The van der Waals surface area contributed by atoms with Gasteiger partial charge in [-0.1, -0.05) is 17.7 Å². The number of nitrogens with zero attached hydrogens (tertiary/aromatic N) is 2.